The molecule has 4 rings (SSSR count). The maximum Gasteiger partial charge on any atom is 0.264 e. The molecule has 146 valence electrons. The first-order chi connectivity index (χ1) is 13.9. The van der Waals surface area contributed by atoms with Crippen molar-refractivity contribution in [2.24, 2.45) is 4.99 Å². The lowest BCUT2D eigenvalue weighted by molar-refractivity contribution is -0.115. The van der Waals surface area contributed by atoms with Crippen LogP contribution in [0.15, 0.2) is 67.3 Å². The third kappa shape index (κ3) is 4.36. The van der Waals surface area contributed by atoms with Crippen molar-refractivity contribution in [3.05, 3.63) is 80.6 Å². The van der Waals surface area contributed by atoms with Gasteiger partial charge in [0.05, 0.1) is 10.6 Å². The van der Waals surface area contributed by atoms with E-state index in [-0.39, 0.29) is 11.7 Å². The zero-order valence-electron chi connectivity index (χ0n) is 15.6. The van der Waals surface area contributed by atoms with Gasteiger partial charge in [0.2, 0.25) is 0 Å². The fraction of sp³-hybridized carbons (Fsp3) is 0.0909. The van der Waals surface area contributed by atoms with Crippen LogP contribution in [0.4, 0.5) is 10.1 Å². The molecule has 3 aromatic rings. The number of carbonyl (C=O) groups is 1. The second-order valence-electron chi connectivity index (χ2n) is 6.58. The summed E-state index contributed by atoms with van der Waals surface area (Å²) < 4.78 is 19.9. The summed E-state index contributed by atoms with van der Waals surface area (Å²) in [6, 6.07) is 13.5. The van der Waals surface area contributed by atoms with Crippen LogP contribution >= 0.6 is 27.7 Å². The molecule has 1 aromatic heterocycles. The molecule has 1 aliphatic heterocycles. The number of hydrogen-bond donors (Lipinski definition) is 1. The summed E-state index contributed by atoms with van der Waals surface area (Å²) in [5.41, 5.74) is 3.71. The molecule has 0 spiro atoms. The zero-order chi connectivity index (χ0) is 20.5. The van der Waals surface area contributed by atoms with Crippen molar-refractivity contribution >= 4 is 50.5 Å². The minimum absolute atomic E-state index is 0.223. The maximum absolute atomic E-state index is 13.1. The topological polar surface area (TPSA) is 54.6 Å². The summed E-state index contributed by atoms with van der Waals surface area (Å²) >= 11 is 4.80. The normalized spacial score (nSPS) is 16.6. The van der Waals surface area contributed by atoms with Crippen molar-refractivity contribution in [2.45, 2.75) is 13.8 Å². The lowest BCUT2D eigenvalue weighted by Crippen LogP contribution is -2.19. The van der Waals surface area contributed by atoms with E-state index in [0.29, 0.717) is 21.6 Å². The van der Waals surface area contributed by atoms with Crippen LogP contribution in [0, 0.1) is 19.7 Å². The number of thioether (sulfide) groups is 1. The number of halogens is 2. The number of nitrogens with one attached hydrogen (secondary N) is 1. The smallest absolute Gasteiger partial charge is 0.264 e. The van der Waals surface area contributed by atoms with Crippen LogP contribution in [0.25, 0.3) is 17.4 Å². The molecule has 1 saturated heterocycles. The van der Waals surface area contributed by atoms with Gasteiger partial charge in [-0.1, -0.05) is 15.9 Å². The van der Waals surface area contributed by atoms with Crippen LogP contribution in [-0.2, 0) is 4.79 Å². The standard InChI is InChI=1S/C22H16BrFN2O2S/c1-12-9-16(10-13(2)20(12)23)25-22-26-21(27)19(29-22)11-17-7-8-18(28-17)14-3-5-15(24)6-4-14/h3-11H,1-2H3,(H,25,26,27)/b19-11-. The Morgan fingerprint density at radius 1 is 1.10 bits per heavy atom. The Balaban J connectivity index is 1.55. The summed E-state index contributed by atoms with van der Waals surface area (Å²) in [6.07, 6.45) is 1.67. The molecular weight excluding hydrogens is 455 g/mol. The molecule has 29 heavy (non-hydrogen) atoms. The Morgan fingerprint density at radius 3 is 2.48 bits per heavy atom. The van der Waals surface area contributed by atoms with Crippen LogP contribution in [0.2, 0.25) is 0 Å². The van der Waals surface area contributed by atoms with Crippen molar-refractivity contribution in [2.75, 3.05) is 0 Å². The van der Waals surface area contributed by atoms with E-state index in [1.807, 2.05) is 26.0 Å². The molecular formula is C22H16BrFN2O2S. The highest BCUT2D eigenvalue weighted by molar-refractivity contribution is 9.10. The van der Waals surface area contributed by atoms with E-state index in [1.54, 1.807) is 30.3 Å². The summed E-state index contributed by atoms with van der Waals surface area (Å²) in [6.45, 7) is 4.00. The van der Waals surface area contributed by atoms with Crippen molar-refractivity contribution in [1.29, 1.82) is 0 Å². The molecule has 0 atom stereocenters. The Kier molecular flexibility index (Phi) is 5.43. The highest BCUT2D eigenvalue weighted by Gasteiger charge is 2.24. The third-order valence-corrected chi connectivity index (χ3v) is 6.49. The summed E-state index contributed by atoms with van der Waals surface area (Å²) in [5.74, 6) is 0.622. The predicted molar refractivity (Wildman–Crippen MR) is 119 cm³/mol. The summed E-state index contributed by atoms with van der Waals surface area (Å²) in [7, 11) is 0. The molecule has 1 amide bonds. The molecule has 0 saturated carbocycles. The zero-order valence-corrected chi connectivity index (χ0v) is 18.0. The number of aliphatic imine (C=N–C) groups is 1. The molecule has 1 aliphatic rings. The van der Waals surface area contributed by atoms with Gasteiger partial charge in [0.1, 0.15) is 17.3 Å². The van der Waals surface area contributed by atoms with Crippen LogP contribution in [0.3, 0.4) is 0 Å². The number of carbonyl (C=O) groups excluding carboxylic acids is 1. The van der Waals surface area contributed by atoms with Gasteiger partial charge in [0.15, 0.2) is 5.17 Å². The molecule has 1 N–H and O–H groups in total. The van der Waals surface area contributed by atoms with Crippen LogP contribution in [-0.4, -0.2) is 11.1 Å². The lowest BCUT2D eigenvalue weighted by Gasteiger charge is -2.04. The largest absolute Gasteiger partial charge is 0.457 e. The van der Waals surface area contributed by atoms with E-state index in [4.69, 9.17) is 4.42 Å². The molecule has 0 unspecified atom stereocenters. The molecule has 1 fully saturated rings. The van der Waals surface area contributed by atoms with E-state index < -0.39 is 0 Å². The first-order valence-corrected chi connectivity index (χ1v) is 10.4. The van der Waals surface area contributed by atoms with Gasteiger partial charge in [-0.15, -0.1) is 0 Å². The Bertz CT molecular complexity index is 1140. The minimum Gasteiger partial charge on any atom is -0.457 e. The molecule has 0 radical (unpaired) electrons. The van der Waals surface area contributed by atoms with Crippen molar-refractivity contribution in [3.63, 3.8) is 0 Å². The van der Waals surface area contributed by atoms with Crippen LogP contribution in [0.1, 0.15) is 16.9 Å². The minimum atomic E-state index is -0.301. The average molecular weight is 471 g/mol. The highest BCUT2D eigenvalue weighted by atomic mass is 79.9. The predicted octanol–water partition coefficient (Wildman–Crippen LogP) is 6.36. The van der Waals surface area contributed by atoms with E-state index in [1.165, 1.54) is 23.9 Å². The number of aryl methyl sites for hydroxylation is 2. The van der Waals surface area contributed by atoms with E-state index in [9.17, 15) is 9.18 Å². The van der Waals surface area contributed by atoms with Crippen molar-refractivity contribution in [3.8, 4) is 11.3 Å². The first kappa shape index (κ1) is 19.7. The summed E-state index contributed by atoms with van der Waals surface area (Å²) in [5, 5.41) is 3.30. The molecule has 0 aliphatic carbocycles. The monoisotopic (exact) mass is 470 g/mol. The molecule has 2 heterocycles. The van der Waals surface area contributed by atoms with Gasteiger partial charge in [-0.05, 0) is 85.3 Å². The second-order valence-corrected chi connectivity index (χ2v) is 8.41. The lowest BCUT2D eigenvalue weighted by atomic mass is 10.1. The third-order valence-electron chi connectivity index (χ3n) is 4.33. The summed E-state index contributed by atoms with van der Waals surface area (Å²) in [4.78, 5) is 17.3. The number of furan rings is 1. The fourth-order valence-corrected chi connectivity index (χ4v) is 3.97. The van der Waals surface area contributed by atoms with Gasteiger partial charge in [-0.2, -0.15) is 0 Å². The number of amides is 1. The fourth-order valence-electron chi connectivity index (χ4n) is 2.91. The van der Waals surface area contributed by atoms with Crippen LogP contribution < -0.4 is 5.32 Å². The Hall–Kier alpha value is -2.64. The van der Waals surface area contributed by atoms with Gasteiger partial charge in [0, 0.05) is 16.1 Å². The van der Waals surface area contributed by atoms with Crippen molar-refractivity contribution < 1.29 is 13.6 Å². The Morgan fingerprint density at radius 2 is 1.79 bits per heavy atom. The van der Waals surface area contributed by atoms with Gasteiger partial charge >= 0.3 is 0 Å². The van der Waals surface area contributed by atoms with Gasteiger partial charge in [0.25, 0.3) is 5.91 Å². The average Bonchev–Trinajstić information content (AvgIpc) is 3.27. The van der Waals surface area contributed by atoms with Gasteiger partial charge < -0.3 is 9.73 Å². The SMILES string of the molecule is Cc1cc(N=C2NC(=O)/C(=C/c3ccc(-c4ccc(F)cc4)o3)S2)cc(C)c1Br. The van der Waals surface area contributed by atoms with Crippen molar-refractivity contribution in [1.82, 2.24) is 5.32 Å². The van der Waals surface area contributed by atoms with Crippen LogP contribution in [0.5, 0.6) is 0 Å². The number of benzene rings is 2. The Labute approximate surface area is 180 Å². The number of rotatable bonds is 3. The molecule has 2 aromatic carbocycles. The molecule has 0 bridgehead atoms. The molecule has 7 heteroatoms. The molecule has 4 nitrogen and oxygen atoms in total. The van der Waals surface area contributed by atoms with E-state index in [2.05, 4.69) is 26.2 Å². The number of nitrogens with zero attached hydrogens (tertiary/aromatic N) is 1. The van der Waals surface area contributed by atoms with E-state index >= 15 is 0 Å². The highest BCUT2D eigenvalue weighted by Crippen LogP contribution is 2.32. The second kappa shape index (κ2) is 8.00. The quantitative estimate of drug-likeness (QED) is 0.453. The maximum atomic E-state index is 13.1. The number of hydrogen-bond acceptors (Lipinski definition) is 4. The van der Waals surface area contributed by atoms with Gasteiger partial charge in [-0.3, -0.25) is 4.79 Å². The number of amidine groups is 1. The van der Waals surface area contributed by atoms with E-state index in [0.717, 1.165) is 26.9 Å². The first-order valence-electron chi connectivity index (χ1n) is 8.81. The van der Waals surface area contributed by atoms with Gasteiger partial charge in [-0.25, -0.2) is 9.38 Å².